The molecule has 0 radical (unpaired) electrons. The quantitative estimate of drug-likeness (QED) is 0.892. The predicted molar refractivity (Wildman–Crippen MR) is 75.1 cm³/mol. The van der Waals surface area contributed by atoms with E-state index < -0.39 is 0 Å². The summed E-state index contributed by atoms with van der Waals surface area (Å²) in [6.07, 6.45) is 6.26. The van der Waals surface area contributed by atoms with E-state index >= 15 is 0 Å². The summed E-state index contributed by atoms with van der Waals surface area (Å²) in [6, 6.07) is 5.30. The van der Waals surface area contributed by atoms with Crippen LogP contribution in [-0.2, 0) is 6.42 Å². The lowest BCUT2D eigenvalue weighted by Gasteiger charge is -2.48. The highest BCUT2D eigenvalue weighted by molar-refractivity contribution is 9.10. The molecule has 2 aliphatic rings. The van der Waals surface area contributed by atoms with Gasteiger partial charge in [-0.05, 0) is 48.9 Å². The fourth-order valence-corrected chi connectivity index (χ4v) is 4.01. The summed E-state index contributed by atoms with van der Waals surface area (Å²) in [5.74, 6) is 0.736. The van der Waals surface area contributed by atoms with Crippen LogP contribution in [0.1, 0.15) is 31.2 Å². The monoisotopic (exact) mass is 311 g/mol. The predicted octanol–water partition coefficient (Wildman–Crippen LogP) is 3.91. The van der Waals surface area contributed by atoms with Crippen LogP contribution in [0.5, 0.6) is 0 Å². The molecule has 1 saturated carbocycles. The van der Waals surface area contributed by atoms with E-state index in [4.69, 9.17) is 0 Å². The van der Waals surface area contributed by atoms with Crippen LogP contribution < -0.4 is 5.32 Å². The minimum absolute atomic E-state index is 0.0533. The molecule has 3 heteroatoms. The van der Waals surface area contributed by atoms with Crippen molar-refractivity contribution in [2.24, 2.45) is 11.3 Å². The van der Waals surface area contributed by atoms with E-state index in [1.807, 2.05) is 6.07 Å². The zero-order chi connectivity index (χ0) is 12.6. The van der Waals surface area contributed by atoms with Gasteiger partial charge < -0.3 is 5.32 Å². The number of halogens is 2. The van der Waals surface area contributed by atoms with Crippen LogP contribution in [0, 0.1) is 17.2 Å². The van der Waals surface area contributed by atoms with Crippen LogP contribution in [0.2, 0.25) is 0 Å². The molecule has 1 N–H and O–H groups in total. The second-order valence-corrected chi connectivity index (χ2v) is 6.78. The van der Waals surface area contributed by atoms with Crippen LogP contribution in [-0.4, -0.2) is 13.1 Å². The van der Waals surface area contributed by atoms with Gasteiger partial charge in [0, 0.05) is 23.0 Å². The molecule has 1 aromatic carbocycles. The fraction of sp³-hybridized carbons (Fsp3) is 0.600. The third-order valence-electron chi connectivity index (χ3n) is 4.73. The molecule has 3 rings (SSSR count). The number of hydrogen-bond donors (Lipinski definition) is 1. The van der Waals surface area contributed by atoms with Gasteiger partial charge in [-0.1, -0.05) is 28.8 Å². The highest BCUT2D eigenvalue weighted by atomic mass is 79.9. The number of hydrogen-bond acceptors (Lipinski definition) is 1. The van der Waals surface area contributed by atoms with Crippen LogP contribution >= 0.6 is 15.9 Å². The molecule has 2 fully saturated rings. The molecule has 0 unspecified atom stereocenters. The van der Waals surface area contributed by atoms with Gasteiger partial charge in [0.05, 0.1) is 0 Å². The maximum absolute atomic E-state index is 13.9. The number of nitrogens with one attached hydrogen (secondary N) is 1. The van der Waals surface area contributed by atoms with Crippen molar-refractivity contribution in [3.05, 3.63) is 34.1 Å². The van der Waals surface area contributed by atoms with Crippen LogP contribution in [0.3, 0.4) is 0 Å². The first-order valence-electron chi connectivity index (χ1n) is 6.84. The minimum atomic E-state index is -0.0533. The Labute approximate surface area is 116 Å². The summed E-state index contributed by atoms with van der Waals surface area (Å²) in [4.78, 5) is 0. The van der Waals surface area contributed by atoms with E-state index in [0.29, 0.717) is 5.41 Å². The van der Waals surface area contributed by atoms with Gasteiger partial charge in [0.15, 0.2) is 0 Å². The largest absolute Gasteiger partial charge is 0.315 e. The topological polar surface area (TPSA) is 12.0 Å². The molecule has 1 aliphatic carbocycles. The lowest BCUT2D eigenvalue weighted by molar-refractivity contribution is 0.0801. The first-order chi connectivity index (χ1) is 8.70. The molecule has 0 bridgehead atoms. The molecular weight excluding hydrogens is 293 g/mol. The van der Waals surface area contributed by atoms with E-state index in [9.17, 15) is 4.39 Å². The summed E-state index contributed by atoms with van der Waals surface area (Å²) in [6.45, 7) is 2.12. The molecule has 1 nitrogen and oxygen atoms in total. The molecule has 1 aliphatic heterocycles. The molecule has 1 heterocycles. The van der Waals surface area contributed by atoms with Gasteiger partial charge in [0.25, 0.3) is 0 Å². The average Bonchev–Trinajstić information content (AvgIpc) is 2.82. The van der Waals surface area contributed by atoms with Crippen LogP contribution in [0.25, 0.3) is 0 Å². The van der Waals surface area contributed by atoms with Crippen molar-refractivity contribution >= 4 is 15.9 Å². The molecule has 98 valence electrons. The second kappa shape index (κ2) is 4.93. The SMILES string of the molecule is Fc1ccc(Br)cc1CC1(C2CCCC2)CNC1. The second-order valence-electron chi connectivity index (χ2n) is 5.86. The zero-order valence-electron chi connectivity index (χ0n) is 10.5. The van der Waals surface area contributed by atoms with Gasteiger partial charge in [-0.15, -0.1) is 0 Å². The lowest BCUT2D eigenvalue weighted by Crippen LogP contribution is -2.58. The summed E-state index contributed by atoms with van der Waals surface area (Å²) in [5.41, 5.74) is 1.19. The lowest BCUT2D eigenvalue weighted by atomic mass is 9.66. The van der Waals surface area contributed by atoms with Crippen molar-refractivity contribution in [1.29, 1.82) is 0 Å². The summed E-state index contributed by atoms with van der Waals surface area (Å²) in [7, 11) is 0. The molecule has 0 aromatic heterocycles. The molecule has 0 amide bonds. The summed E-state index contributed by atoms with van der Waals surface area (Å²) >= 11 is 3.45. The molecule has 0 spiro atoms. The van der Waals surface area contributed by atoms with E-state index in [2.05, 4.69) is 21.2 Å². The van der Waals surface area contributed by atoms with E-state index in [-0.39, 0.29) is 5.82 Å². The molecule has 1 aromatic rings. The van der Waals surface area contributed by atoms with Gasteiger partial charge in [-0.2, -0.15) is 0 Å². The maximum atomic E-state index is 13.9. The highest BCUT2D eigenvalue weighted by Gasteiger charge is 2.45. The molecule has 18 heavy (non-hydrogen) atoms. The van der Waals surface area contributed by atoms with E-state index in [1.54, 1.807) is 12.1 Å². The van der Waals surface area contributed by atoms with Gasteiger partial charge in [0.2, 0.25) is 0 Å². The Morgan fingerprint density at radius 2 is 2.00 bits per heavy atom. The smallest absolute Gasteiger partial charge is 0.126 e. The van der Waals surface area contributed by atoms with Crippen LogP contribution in [0.4, 0.5) is 4.39 Å². The van der Waals surface area contributed by atoms with Gasteiger partial charge in [0.1, 0.15) is 5.82 Å². The first kappa shape index (κ1) is 12.6. The normalized spacial score (nSPS) is 23.0. The Kier molecular flexibility index (Phi) is 3.46. The number of rotatable bonds is 3. The maximum Gasteiger partial charge on any atom is 0.126 e. The Morgan fingerprint density at radius 1 is 1.28 bits per heavy atom. The highest BCUT2D eigenvalue weighted by Crippen LogP contribution is 2.45. The Balaban J connectivity index is 1.82. The Morgan fingerprint density at radius 3 is 2.61 bits per heavy atom. The van der Waals surface area contributed by atoms with Crippen molar-refractivity contribution in [1.82, 2.24) is 5.32 Å². The van der Waals surface area contributed by atoms with Crippen molar-refractivity contribution in [2.45, 2.75) is 32.1 Å². The Bertz CT molecular complexity index is 436. The van der Waals surface area contributed by atoms with Crippen molar-refractivity contribution in [3.63, 3.8) is 0 Å². The fourth-order valence-electron chi connectivity index (χ4n) is 3.60. The third kappa shape index (κ3) is 2.23. The van der Waals surface area contributed by atoms with E-state index in [0.717, 1.165) is 35.5 Å². The van der Waals surface area contributed by atoms with Crippen LogP contribution in [0.15, 0.2) is 22.7 Å². The van der Waals surface area contributed by atoms with Crippen molar-refractivity contribution in [3.8, 4) is 0 Å². The zero-order valence-corrected chi connectivity index (χ0v) is 12.1. The molecule has 1 saturated heterocycles. The minimum Gasteiger partial charge on any atom is -0.315 e. The van der Waals surface area contributed by atoms with Gasteiger partial charge >= 0.3 is 0 Å². The van der Waals surface area contributed by atoms with Crippen molar-refractivity contribution in [2.75, 3.05) is 13.1 Å². The van der Waals surface area contributed by atoms with Crippen molar-refractivity contribution < 1.29 is 4.39 Å². The van der Waals surface area contributed by atoms with Gasteiger partial charge in [-0.25, -0.2) is 4.39 Å². The van der Waals surface area contributed by atoms with E-state index in [1.165, 1.54) is 25.7 Å². The summed E-state index contributed by atoms with van der Waals surface area (Å²) < 4.78 is 14.9. The molecule has 0 atom stereocenters. The molecular formula is C15H19BrFN. The third-order valence-corrected chi connectivity index (χ3v) is 5.22. The Hall–Kier alpha value is -0.410. The first-order valence-corrected chi connectivity index (χ1v) is 7.64. The van der Waals surface area contributed by atoms with Gasteiger partial charge in [-0.3, -0.25) is 0 Å². The summed E-state index contributed by atoms with van der Waals surface area (Å²) in [5, 5.41) is 3.40. The average molecular weight is 312 g/mol. The number of benzene rings is 1. The standard InChI is InChI=1S/C15H19BrFN/c16-13-5-6-14(17)11(7-13)8-15(9-18-10-15)12-3-1-2-4-12/h5-7,12,18H,1-4,8-10H2.